The zero-order chi connectivity index (χ0) is 14.8. The molecule has 0 aliphatic carbocycles. The van der Waals surface area contributed by atoms with Gasteiger partial charge in [0.25, 0.3) is 5.69 Å². The van der Waals surface area contributed by atoms with Crippen molar-refractivity contribution < 1.29 is 9.45 Å². The Hall–Kier alpha value is -2.28. The molecule has 1 aromatic carbocycles. The van der Waals surface area contributed by atoms with E-state index < -0.39 is 10.5 Å². The van der Waals surface area contributed by atoms with Crippen LogP contribution in [0.2, 0.25) is 0 Å². The minimum absolute atomic E-state index is 0.000191. The molecular weight excluding hydrogens is 260 g/mol. The van der Waals surface area contributed by atoms with Crippen LogP contribution >= 0.6 is 0 Å². The van der Waals surface area contributed by atoms with E-state index in [1.165, 1.54) is 12.1 Å². The SMILES string of the molecule is CCNC(C)(C)c1nc(-c2cccc([N+](=O)[O-])c2)no1. The summed E-state index contributed by atoms with van der Waals surface area (Å²) in [5.74, 6) is 0.788. The fraction of sp³-hybridized carbons (Fsp3) is 0.385. The molecular formula is C13H16N4O3. The maximum absolute atomic E-state index is 10.8. The van der Waals surface area contributed by atoms with Crippen molar-refractivity contribution in [2.75, 3.05) is 6.54 Å². The third-order valence-corrected chi connectivity index (χ3v) is 2.89. The van der Waals surface area contributed by atoms with Gasteiger partial charge in [-0.15, -0.1) is 0 Å². The van der Waals surface area contributed by atoms with E-state index in [0.29, 0.717) is 17.3 Å². The molecule has 1 N–H and O–H groups in total. The number of nitro benzene ring substituents is 1. The molecule has 0 amide bonds. The lowest BCUT2D eigenvalue weighted by Gasteiger charge is -2.20. The number of nitro groups is 1. The Morgan fingerprint density at radius 1 is 1.45 bits per heavy atom. The van der Waals surface area contributed by atoms with Crippen LogP contribution in [0.15, 0.2) is 28.8 Å². The van der Waals surface area contributed by atoms with E-state index in [0.717, 1.165) is 6.54 Å². The van der Waals surface area contributed by atoms with Crippen LogP contribution in [0.4, 0.5) is 5.69 Å². The lowest BCUT2D eigenvalue weighted by Crippen LogP contribution is -2.36. The molecule has 0 radical (unpaired) electrons. The smallest absolute Gasteiger partial charge is 0.270 e. The summed E-state index contributed by atoms with van der Waals surface area (Å²) in [7, 11) is 0. The Morgan fingerprint density at radius 3 is 2.85 bits per heavy atom. The average Bonchev–Trinajstić information content (AvgIpc) is 2.89. The van der Waals surface area contributed by atoms with E-state index in [1.807, 2.05) is 20.8 Å². The van der Waals surface area contributed by atoms with E-state index in [2.05, 4.69) is 15.5 Å². The summed E-state index contributed by atoms with van der Waals surface area (Å²) >= 11 is 0. The van der Waals surface area contributed by atoms with Crippen molar-refractivity contribution >= 4 is 5.69 Å². The average molecular weight is 276 g/mol. The van der Waals surface area contributed by atoms with Gasteiger partial charge in [-0.05, 0) is 20.4 Å². The normalized spacial score (nSPS) is 11.6. The fourth-order valence-corrected chi connectivity index (χ4v) is 1.87. The van der Waals surface area contributed by atoms with Crippen molar-refractivity contribution in [2.45, 2.75) is 26.3 Å². The largest absolute Gasteiger partial charge is 0.337 e. The van der Waals surface area contributed by atoms with Crippen LogP contribution in [-0.2, 0) is 5.54 Å². The Kier molecular flexibility index (Phi) is 3.80. The summed E-state index contributed by atoms with van der Waals surface area (Å²) in [4.78, 5) is 14.6. The number of rotatable bonds is 5. The number of hydrogen-bond donors (Lipinski definition) is 1. The zero-order valence-electron chi connectivity index (χ0n) is 11.6. The highest BCUT2D eigenvalue weighted by Gasteiger charge is 2.26. The lowest BCUT2D eigenvalue weighted by molar-refractivity contribution is -0.384. The highest BCUT2D eigenvalue weighted by molar-refractivity contribution is 5.58. The molecule has 2 aromatic rings. The molecule has 7 heteroatoms. The maximum atomic E-state index is 10.8. The van der Waals surface area contributed by atoms with Gasteiger partial charge in [-0.2, -0.15) is 4.98 Å². The Bertz CT molecular complexity index is 622. The molecule has 106 valence electrons. The summed E-state index contributed by atoms with van der Waals surface area (Å²) in [6.07, 6.45) is 0. The minimum Gasteiger partial charge on any atom is -0.337 e. The van der Waals surface area contributed by atoms with Crippen molar-refractivity contribution in [3.8, 4) is 11.4 Å². The molecule has 0 bridgehead atoms. The Morgan fingerprint density at radius 2 is 2.20 bits per heavy atom. The number of aromatic nitrogens is 2. The number of nitrogens with zero attached hydrogens (tertiary/aromatic N) is 3. The van der Waals surface area contributed by atoms with Crippen molar-refractivity contribution in [1.29, 1.82) is 0 Å². The predicted molar refractivity (Wildman–Crippen MR) is 73.1 cm³/mol. The third-order valence-electron chi connectivity index (χ3n) is 2.89. The van der Waals surface area contributed by atoms with Crippen LogP contribution in [0.3, 0.4) is 0 Å². The van der Waals surface area contributed by atoms with Gasteiger partial charge in [0.15, 0.2) is 0 Å². The van der Waals surface area contributed by atoms with Gasteiger partial charge in [0.05, 0.1) is 10.5 Å². The molecule has 7 nitrogen and oxygen atoms in total. The predicted octanol–water partition coefficient (Wildman–Crippen LogP) is 2.49. The van der Waals surface area contributed by atoms with Crippen LogP contribution in [-0.4, -0.2) is 21.6 Å². The highest BCUT2D eigenvalue weighted by atomic mass is 16.6. The molecule has 0 unspecified atom stereocenters. The van der Waals surface area contributed by atoms with Crippen LogP contribution in [0.25, 0.3) is 11.4 Å². The van der Waals surface area contributed by atoms with E-state index in [1.54, 1.807) is 12.1 Å². The number of nitrogens with one attached hydrogen (secondary N) is 1. The molecule has 0 aliphatic heterocycles. The van der Waals surface area contributed by atoms with Gasteiger partial charge >= 0.3 is 0 Å². The van der Waals surface area contributed by atoms with Crippen LogP contribution in [0, 0.1) is 10.1 Å². The molecule has 20 heavy (non-hydrogen) atoms. The molecule has 0 saturated carbocycles. The molecule has 1 heterocycles. The van der Waals surface area contributed by atoms with Gasteiger partial charge in [-0.1, -0.05) is 24.2 Å². The summed E-state index contributed by atoms with van der Waals surface area (Å²) < 4.78 is 5.24. The van der Waals surface area contributed by atoms with Crippen molar-refractivity contribution in [3.63, 3.8) is 0 Å². The first-order valence-corrected chi connectivity index (χ1v) is 6.28. The van der Waals surface area contributed by atoms with E-state index >= 15 is 0 Å². The van der Waals surface area contributed by atoms with Crippen LogP contribution in [0.1, 0.15) is 26.7 Å². The monoisotopic (exact) mass is 276 g/mol. The lowest BCUT2D eigenvalue weighted by atomic mass is 10.1. The molecule has 0 saturated heterocycles. The molecule has 2 rings (SSSR count). The van der Waals surface area contributed by atoms with Gasteiger partial charge in [-0.3, -0.25) is 10.1 Å². The first kappa shape index (κ1) is 14.1. The van der Waals surface area contributed by atoms with E-state index in [4.69, 9.17) is 4.52 Å². The van der Waals surface area contributed by atoms with Crippen LogP contribution in [0.5, 0.6) is 0 Å². The molecule has 0 fully saturated rings. The first-order valence-electron chi connectivity index (χ1n) is 6.28. The molecule has 0 aliphatic rings. The number of non-ortho nitro benzene ring substituents is 1. The van der Waals surface area contributed by atoms with Gasteiger partial charge in [0.1, 0.15) is 0 Å². The standard InChI is InChI=1S/C13H16N4O3/c1-4-14-13(2,3)12-15-11(16-20-12)9-6-5-7-10(8-9)17(18)19/h5-8,14H,4H2,1-3H3. The van der Waals surface area contributed by atoms with Crippen LogP contribution < -0.4 is 5.32 Å². The third kappa shape index (κ3) is 2.83. The van der Waals surface area contributed by atoms with Crippen molar-refractivity contribution in [2.24, 2.45) is 0 Å². The van der Waals surface area contributed by atoms with Crippen molar-refractivity contribution in [1.82, 2.24) is 15.5 Å². The number of hydrogen-bond acceptors (Lipinski definition) is 6. The molecule has 1 aromatic heterocycles. The summed E-state index contributed by atoms with van der Waals surface area (Å²) in [5, 5.41) is 17.9. The summed E-state index contributed by atoms with van der Waals surface area (Å²) in [5.41, 5.74) is 0.113. The Labute approximate surface area is 116 Å². The van der Waals surface area contributed by atoms with E-state index in [9.17, 15) is 10.1 Å². The highest BCUT2D eigenvalue weighted by Crippen LogP contribution is 2.24. The second-order valence-corrected chi connectivity index (χ2v) is 4.89. The second-order valence-electron chi connectivity index (χ2n) is 4.89. The van der Waals surface area contributed by atoms with Gasteiger partial charge in [0.2, 0.25) is 11.7 Å². The maximum Gasteiger partial charge on any atom is 0.270 e. The topological polar surface area (TPSA) is 94.1 Å². The zero-order valence-corrected chi connectivity index (χ0v) is 11.6. The minimum atomic E-state index is -0.451. The summed E-state index contributed by atoms with van der Waals surface area (Å²) in [6.45, 7) is 6.61. The molecule has 0 spiro atoms. The van der Waals surface area contributed by atoms with Gasteiger partial charge in [0, 0.05) is 17.7 Å². The van der Waals surface area contributed by atoms with Gasteiger partial charge in [-0.25, -0.2) is 0 Å². The van der Waals surface area contributed by atoms with Gasteiger partial charge < -0.3 is 9.84 Å². The fourth-order valence-electron chi connectivity index (χ4n) is 1.87. The Balaban J connectivity index is 2.33. The number of benzene rings is 1. The quantitative estimate of drug-likeness (QED) is 0.666. The first-order chi connectivity index (χ1) is 9.44. The molecule has 0 atom stereocenters. The second kappa shape index (κ2) is 5.38. The van der Waals surface area contributed by atoms with E-state index in [-0.39, 0.29) is 5.69 Å². The summed E-state index contributed by atoms with van der Waals surface area (Å²) in [6, 6.07) is 6.16. The van der Waals surface area contributed by atoms with Crippen molar-refractivity contribution in [3.05, 3.63) is 40.3 Å².